The minimum Gasteiger partial charge on any atom is -0.366 e. The summed E-state index contributed by atoms with van der Waals surface area (Å²) in [7, 11) is 0. The third-order valence-electron chi connectivity index (χ3n) is 1.97. The first-order valence-corrected chi connectivity index (χ1v) is 4.18. The first kappa shape index (κ1) is 8.50. The second-order valence-electron chi connectivity index (χ2n) is 2.87. The summed E-state index contributed by atoms with van der Waals surface area (Å²) in [4.78, 5) is 11.1. The molecular formula is C10H9N3O. The molecule has 0 radical (unpaired) electrons. The number of aromatic amines is 1. The molecule has 4 heteroatoms. The van der Waals surface area contributed by atoms with Gasteiger partial charge in [-0.15, -0.1) is 0 Å². The zero-order valence-corrected chi connectivity index (χ0v) is 7.40. The molecule has 0 aliphatic carbocycles. The highest BCUT2D eigenvalue weighted by atomic mass is 16.1. The van der Waals surface area contributed by atoms with E-state index in [9.17, 15) is 4.79 Å². The molecule has 0 unspecified atom stereocenters. The van der Waals surface area contributed by atoms with E-state index in [1.165, 1.54) is 0 Å². The van der Waals surface area contributed by atoms with Crippen molar-refractivity contribution in [2.75, 3.05) is 0 Å². The number of nitrogens with two attached hydrogens (primary N) is 1. The smallest absolute Gasteiger partial charge is 0.249 e. The largest absolute Gasteiger partial charge is 0.366 e. The molecule has 2 rings (SSSR count). The maximum Gasteiger partial charge on any atom is 0.249 e. The van der Waals surface area contributed by atoms with Gasteiger partial charge in [0.15, 0.2) is 0 Å². The van der Waals surface area contributed by atoms with Crippen molar-refractivity contribution in [3.8, 4) is 11.3 Å². The number of aromatic nitrogens is 2. The number of nitrogens with one attached hydrogen (secondary N) is 1. The number of carbonyl (C=O) groups is 1. The maximum absolute atomic E-state index is 11.1. The Morgan fingerprint density at radius 1 is 1.29 bits per heavy atom. The molecule has 0 atom stereocenters. The summed E-state index contributed by atoms with van der Waals surface area (Å²) in [5, 5.41) is 6.69. The molecule has 0 saturated heterocycles. The third kappa shape index (κ3) is 1.37. The van der Waals surface area contributed by atoms with Gasteiger partial charge in [-0.05, 0) is 12.1 Å². The van der Waals surface area contributed by atoms with Crippen molar-refractivity contribution in [1.29, 1.82) is 0 Å². The lowest BCUT2D eigenvalue weighted by Gasteiger charge is -2.01. The van der Waals surface area contributed by atoms with Gasteiger partial charge < -0.3 is 5.73 Å². The summed E-state index contributed by atoms with van der Waals surface area (Å²) in [5.41, 5.74) is 7.20. The summed E-state index contributed by atoms with van der Waals surface area (Å²) in [6.45, 7) is 0. The van der Waals surface area contributed by atoms with E-state index in [1.807, 2.05) is 12.1 Å². The van der Waals surface area contributed by atoms with Crippen LogP contribution in [0.5, 0.6) is 0 Å². The van der Waals surface area contributed by atoms with Crippen molar-refractivity contribution >= 4 is 5.91 Å². The molecule has 0 spiro atoms. The highest BCUT2D eigenvalue weighted by molar-refractivity contribution is 5.99. The Morgan fingerprint density at radius 3 is 2.71 bits per heavy atom. The van der Waals surface area contributed by atoms with Crippen LogP contribution >= 0.6 is 0 Å². The van der Waals surface area contributed by atoms with Crippen LogP contribution < -0.4 is 5.73 Å². The molecular weight excluding hydrogens is 178 g/mol. The number of H-pyrrole nitrogens is 1. The summed E-state index contributed by atoms with van der Waals surface area (Å²) < 4.78 is 0. The van der Waals surface area contributed by atoms with Crippen LogP contribution in [0.2, 0.25) is 0 Å². The lowest BCUT2D eigenvalue weighted by atomic mass is 10.0. The molecule has 1 heterocycles. The zero-order valence-electron chi connectivity index (χ0n) is 7.40. The second kappa shape index (κ2) is 3.33. The summed E-state index contributed by atoms with van der Waals surface area (Å²) in [6, 6.07) is 8.91. The van der Waals surface area contributed by atoms with Crippen LogP contribution in [0.1, 0.15) is 10.4 Å². The van der Waals surface area contributed by atoms with E-state index >= 15 is 0 Å². The highest BCUT2D eigenvalue weighted by Crippen LogP contribution is 2.20. The van der Waals surface area contributed by atoms with Gasteiger partial charge in [-0.2, -0.15) is 5.10 Å². The van der Waals surface area contributed by atoms with Gasteiger partial charge in [0.1, 0.15) is 0 Å². The fourth-order valence-electron chi connectivity index (χ4n) is 1.33. The average Bonchev–Trinajstić information content (AvgIpc) is 2.70. The van der Waals surface area contributed by atoms with Gasteiger partial charge in [-0.1, -0.05) is 18.2 Å². The number of carbonyl (C=O) groups excluding carboxylic acids is 1. The minimum absolute atomic E-state index is 0.441. The number of nitrogens with zero attached hydrogens (tertiary/aromatic N) is 1. The molecule has 1 aromatic carbocycles. The lowest BCUT2D eigenvalue weighted by Crippen LogP contribution is -2.12. The van der Waals surface area contributed by atoms with Gasteiger partial charge in [0, 0.05) is 17.3 Å². The number of benzene rings is 1. The third-order valence-corrected chi connectivity index (χ3v) is 1.97. The predicted octanol–water partition coefficient (Wildman–Crippen LogP) is 1.18. The Hall–Kier alpha value is -2.10. The monoisotopic (exact) mass is 187 g/mol. The Kier molecular flexibility index (Phi) is 2.02. The lowest BCUT2D eigenvalue weighted by molar-refractivity contribution is 0.100. The number of hydrogen-bond acceptors (Lipinski definition) is 2. The van der Waals surface area contributed by atoms with Crippen LogP contribution in [0.3, 0.4) is 0 Å². The van der Waals surface area contributed by atoms with Gasteiger partial charge in [-0.3, -0.25) is 9.89 Å². The molecule has 1 aromatic heterocycles. The van der Waals surface area contributed by atoms with Crippen molar-refractivity contribution in [3.05, 3.63) is 42.1 Å². The van der Waals surface area contributed by atoms with Crippen molar-refractivity contribution in [2.45, 2.75) is 0 Å². The number of hydrogen-bond donors (Lipinski definition) is 2. The summed E-state index contributed by atoms with van der Waals surface area (Å²) >= 11 is 0. The topological polar surface area (TPSA) is 71.8 Å². The van der Waals surface area contributed by atoms with Crippen LogP contribution in [0.4, 0.5) is 0 Å². The molecule has 4 nitrogen and oxygen atoms in total. The number of primary amides is 1. The Balaban J connectivity index is 2.58. The van der Waals surface area contributed by atoms with Crippen molar-refractivity contribution in [1.82, 2.24) is 10.2 Å². The predicted molar refractivity (Wildman–Crippen MR) is 52.5 cm³/mol. The molecule has 0 aliphatic rings. The van der Waals surface area contributed by atoms with E-state index in [-0.39, 0.29) is 0 Å². The summed E-state index contributed by atoms with van der Waals surface area (Å²) in [6.07, 6.45) is 1.70. The van der Waals surface area contributed by atoms with Gasteiger partial charge >= 0.3 is 0 Å². The molecule has 3 N–H and O–H groups in total. The molecule has 0 fully saturated rings. The zero-order chi connectivity index (χ0) is 9.97. The Morgan fingerprint density at radius 2 is 2.07 bits per heavy atom. The fourth-order valence-corrected chi connectivity index (χ4v) is 1.33. The fraction of sp³-hybridized carbons (Fsp3) is 0. The minimum atomic E-state index is -0.441. The molecule has 0 bridgehead atoms. The van der Waals surface area contributed by atoms with E-state index in [0.717, 1.165) is 11.3 Å². The number of rotatable bonds is 2. The van der Waals surface area contributed by atoms with Gasteiger partial charge in [0.2, 0.25) is 5.91 Å². The Bertz CT molecular complexity index is 448. The van der Waals surface area contributed by atoms with Crippen LogP contribution in [-0.4, -0.2) is 16.1 Å². The maximum atomic E-state index is 11.1. The normalized spacial score (nSPS) is 10.0. The van der Waals surface area contributed by atoms with Crippen molar-refractivity contribution in [2.24, 2.45) is 5.73 Å². The van der Waals surface area contributed by atoms with E-state index in [2.05, 4.69) is 10.2 Å². The quantitative estimate of drug-likeness (QED) is 0.740. The highest BCUT2D eigenvalue weighted by Gasteiger charge is 2.09. The first-order valence-electron chi connectivity index (χ1n) is 4.18. The Labute approximate surface area is 80.8 Å². The standard InChI is InChI=1S/C10H9N3O/c11-10(14)8-4-2-1-3-7(8)9-5-6-12-13-9/h1-6H,(H2,11,14)(H,12,13). The van der Waals surface area contributed by atoms with Gasteiger partial charge in [0.05, 0.1) is 5.69 Å². The molecule has 70 valence electrons. The van der Waals surface area contributed by atoms with Crippen molar-refractivity contribution in [3.63, 3.8) is 0 Å². The summed E-state index contributed by atoms with van der Waals surface area (Å²) in [5.74, 6) is -0.441. The first-order chi connectivity index (χ1) is 6.79. The second-order valence-corrected chi connectivity index (χ2v) is 2.87. The van der Waals surface area contributed by atoms with Crippen LogP contribution in [0, 0.1) is 0 Å². The molecule has 14 heavy (non-hydrogen) atoms. The molecule has 1 amide bonds. The van der Waals surface area contributed by atoms with E-state index < -0.39 is 5.91 Å². The van der Waals surface area contributed by atoms with Crippen LogP contribution in [0.25, 0.3) is 11.3 Å². The van der Waals surface area contributed by atoms with Gasteiger partial charge in [0.25, 0.3) is 0 Å². The van der Waals surface area contributed by atoms with Crippen molar-refractivity contribution < 1.29 is 4.79 Å². The van der Waals surface area contributed by atoms with E-state index in [1.54, 1.807) is 24.4 Å². The van der Waals surface area contributed by atoms with Crippen LogP contribution in [-0.2, 0) is 0 Å². The molecule has 0 saturated carbocycles. The van der Waals surface area contributed by atoms with E-state index in [0.29, 0.717) is 5.56 Å². The molecule has 2 aromatic rings. The van der Waals surface area contributed by atoms with Crippen LogP contribution in [0.15, 0.2) is 36.5 Å². The van der Waals surface area contributed by atoms with E-state index in [4.69, 9.17) is 5.73 Å². The van der Waals surface area contributed by atoms with Gasteiger partial charge in [-0.25, -0.2) is 0 Å². The molecule has 0 aliphatic heterocycles. The average molecular weight is 187 g/mol. The number of amides is 1. The SMILES string of the molecule is NC(=O)c1ccccc1-c1cc[nH]n1.